The third-order valence-electron chi connectivity index (χ3n) is 0.737. The van der Waals surface area contributed by atoms with Crippen molar-refractivity contribution in [3.05, 3.63) is 0 Å². The smallest absolute Gasteiger partial charge is 0.0462 e. The second-order valence-corrected chi connectivity index (χ2v) is 1.77. The fraction of sp³-hybridized carbons (Fsp3) is 0.833. The Labute approximate surface area is 56.3 Å². The van der Waals surface area contributed by atoms with Crippen LogP contribution in [0.15, 0.2) is 0 Å². The maximum Gasteiger partial charge on any atom is 0.0462 e. The lowest BCUT2D eigenvalue weighted by molar-refractivity contribution is 0.776. The first-order valence-electron chi connectivity index (χ1n) is 2.73. The Morgan fingerprint density at radius 1 is 1.38 bits per heavy atom. The van der Waals surface area contributed by atoms with E-state index < -0.39 is 0 Å². The third-order valence-corrected chi connectivity index (χ3v) is 1.00. The van der Waals surface area contributed by atoms with Crippen molar-refractivity contribution in [3.63, 3.8) is 0 Å². The molecule has 2 heteroatoms. The van der Waals surface area contributed by atoms with E-state index in [2.05, 4.69) is 13.5 Å². The van der Waals surface area contributed by atoms with Gasteiger partial charge in [-0.2, -0.15) is 0 Å². The van der Waals surface area contributed by atoms with Crippen molar-refractivity contribution in [2.24, 2.45) is 0 Å². The van der Waals surface area contributed by atoms with E-state index in [1.807, 2.05) is 0 Å². The van der Waals surface area contributed by atoms with Gasteiger partial charge >= 0.3 is 0 Å². The van der Waals surface area contributed by atoms with E-state index in [4.69, 9.17) is 16.9 Å². The standard InChI is InChI=1S/C5H11Cl.CHN/c1-2-3-4-5-6;1-2/h2-5H2,1H3;1H. The van der Waals surface area contributed by atoms with Crippen molar-refractivity contribution in [3.8, 4) is 6.57 Å². The van der Waals surface area contributed by atoms with Gasteiger partial charge in [0.05, 0.1) is 0 Å². The molecule has 0 fully saturated rings. The number of unbranched alkanes of at least 4 members (excludes halogenated alkanes) is 2. The molecule has 0 saturated heterocycles. The second kappa shape index (κ2) is 15.9. The predicted molar refractivity (Wildman–Crippen MR) is 36.9 cm³/mol. The minimum atomic E-state index is 0.827. The molecule has 8 heavy (non-hydrogen) atoms. The van der Waals surface area contributed by atoms with Crippen molar-refractivity contribution in [2.45, 2.75) is 26.2 Å². The Balaban J connectivity index is 0. The molecule has 0 saturated carbocycles. The first kappa shape index (κ1) is 10.7. The molecule has 0 aromatic rings. The van der Waals surface area contributed by atoms with Gasteiger partial charge in [-0.15, -0.1) is 11.6 Å². The molecule has 0 bridgehead atoms. The Hall–Kier alpha value is -0.220. The Bertz CT molecular complexity index is 39.0. The van der Waals surface area contributed by atoms with E-state index in [-0.39, 0.29) is 0 Å². The molecule has 0 aliphatic heterocycles. The highest BCUT2D eigenvalue weighted by atomic mass is 35.5. The topological polar surface area (TPSA) is 23.8 Å². The van der Waals surface area contributed by atoms with Crippen LogP contribution in [0.3, 0.4) is 0 Å². The van der Waals surface area contributed by atoms with Crippen LogP contribution in [0.1, 0.15) is 26.2 Å². The lowest BCUT2D eigenvalue weighted by Crippen LogP contribution is -1.70. The summed E-state index contributed by atoms with van der Waals surface area (Å²) in [6.45, 7) is 5.67. The van der Waals surface area contributed by atoms with Crippen molar-refractivity contribution < 1.29 is 0 Å². The van der Waals surface area contributed by atoms with Gasteiger partial charge in [-0.25, -0.2) is 5.26 Å². The van der Waals surface area contributed by atoms with Gasteiger partial charge < -0.3 is 0 Å². The zero-order chi connectivity index (χ0) is 6.83. The van der Waals surface area contributed by atoms with Crippen LogP contribution in [0.4, 0.5) is 0 Å². The van der Waals surface area contributed by atoms with Crippen LogP contribution < -0.4 is 0 Å². The molecule has 0 amide bonds. The SMILES string of the molecule is C#N.CCCCCCl. The summed E-state index contributed by atoms with van der Waals surface area (Å²) in [5.74, 6) is 0.827. The van der Waals surface area contributed by atoms with Gasteiger partial charge in [-0.3, -0.25) is 0 Å². The molecule has 0 spiro atoms. The maximum atomic E-state index is 6.50. The van der Waals surface area contributed by atoms with Crippen LogP contribution in [-0.4, -0.2) is 5.88 Å². The Morgan fingerprint density at radius 3 is 2.00 bits per heavy atom. The van der Waals surface area contributed by atoms with E-state index in [9.17, 15) is 0 Å². The van der Waals surface area contributed by atoms with Crippen molar-refractivity contribution >= 4 is 11.6 Å². The van der Waals surface area contributed by atoms with Crippen LogP contribution in [0, 0.1) is 11.8 Å². The summed E-state index contributed by atoms with van der Waals surface area (Å²) in [7, 11) is 0. The number of nitriles is 1. The first-order valence-corrected chi connectivity index (χ1v) is 3.27. The van der Waals surface area contributed by atoms with Gasteiger partial charge in [0.25, 0.3) is 0 Å². The molecule has 0 aromatic heterocycles. The summed E-state index contributed by atoms with van der Waals surface area (Å²) in [5, 5.41) is 6.50. The van der Waals surface area contributed by atoms with Crippen molar-refractivity contribution in [1.29, 1.82) is 5.26 Å². The Kier molecular flexibility index (Phi) is 21.2. The van der Waals surface area contributed by atoms with Gasteiger partial charge in [0.15, 0.2) is 0 Å². The average Bonchev–Trinajstić information content (AvgIpc) is 1.88. The van der Waals surface area contributed by atoms with Crippen LogP contribution in [0.2, 0.25) is 0 Å². The van der Waals surface area contributed by atoms with Crippen LogP contribution in [0.5, 0.6) is 0 Å². The van der Waals surface area contributed by atoms with E-state index in [1.165, 1.54) is 19.3 Å². The Morgan fingerprint density at radius 2 is 1.88 bits per heavy atom. The van der Waals surface area contributed by atoms with Gasteiger partial charge in [-0.1, -0.05) is 19.8 Å². The molecular weight excluding hydrogens is 122 g/mol. The van der Waals surface area contributed by atoms with Crippen molar-refractivity contribution in [2.75, 3.05) is 5.88 Å². The van der Waals surface area contributed by atoms with Gasteiger partial charge in [0, 0.05) is 12.5 Å². The number of rotatable bonds is 3. The lowest BCUT2D eigenvalue weighted by atomic mass is 10.3. The van der Waals surface area contributed by atoms with Crippen molar-refractivity contribution in [1.82, 2.24) is 0 Å². The number of halogens is 1. The van der Waals surface area contributed by atoms with Crippen LogP contribution in [-0.2, 0) is 0 Å². The second-order valence-electron chi connectivity index (χ2n) is 1.40. The molecule has 48 valence electrons. The first-order chi connectivity index (χ1) is 3.91. The summed E-state index contributed by atoms with van der Waals surface area (Å²) >= 11 is 5.38. The number of alkyl halides is 1. The number of nitrogens with zero attached hydrogens (tertiary/aromatic N) is 1. The van der Waals surface area contributed by atoms with Crippen LogP contribution in [0.25, 0.3) is 0 Å². The zero-order valence-corrected chi connectivity index (χ0v) is 5.99. The molecule has 0 N–H and O–H groups in total. The fourth-order valence-electron chi connectivity index (χ4n) is 0.344. The zero-order valence-electron chi connectivity index (χ0n) is 5.23. The lowest BCUT2D eigenvalue weighted by Gasteiger charge is -1.84. The molecule has 1 nitrogen and oxygen atoms in total. The minimum absolute atomic E-state index is 0.827. The minimum Gasteiger partial charge on any atom is -0.202 e. The third kappa shape index (κ3) is 17.1. The summed E-state index contributed by atoms with van der Waals surface area (Å²) in [4.78, 5) is 0. The summed E-state index contributed by atoms with van der Waals surface area (Å²) < 4.78 is 0. The molecule has 0 aliphatic rings. The van der Waals surface area contributed by atoms with Gasteiger partial charge in [-0.05, 0) is 6.42 Å². The normalized spacial score (nSPS) is 7.00. The summed E-state index contributed by atoms with van der Waals surface area (Å²) in [6.07, 6.45) is 3.73. The number of hydrogen-bond acceptors (Lipinski definition) is 1. The van der Waals surface area contributed by atoms with Gasteiger partial charge in [0.2, 0.25) is 0 Å². The quantitative estimate of drug-likeness (QED) is 0.429. The highest BCUT2D eigenvalue weighted by Crippen LogP contribution is 1.93. The molecule has 0 atom stereocenters. The fourth-order valence-corrected chi connectivity index (χ4v) is 0.533. The molecule has 0 heterocycles. The van der Waals surface area contributed by atoms with Crippen LogP contribution >= 0.6 is 11.6 Å². The highest BCUT2D eigenvalue weighted by molar-refractivity contribution is 6.17. The molecule has 0 unspecified atom stereocenters. The monoisotopic (exact) mass is 133 g/mol. The summed E-state index contributed by atoms with van der Waals surface area (Å²) in [6, 6.07) is 0. The number of hydrogen-bond donors (Lipinski definition) is 0. The molecule has 0 radical (unpaired) electrons. The average molecular weight is 134 g/mol. The van der Waals surface area contributed by atoms with Gasteiger partial charge in [0.1, 0.15) is 0 Å². The van der Waals surface area contributed by atoms with E-state index in [1.54, 1.807) is 0 Å². The van der Waals surface area contributed by atoms with E-state index in [0.29, 0.717) is 0 Å². The molecule has 0 aromatic carbocycles. The van der Waals surface area contributed by atoms with E-state index in [0.717, 1.165) is 5.88 Å². The van der Waals surface area contributed by atoms with E-state index >= 15 is 0 Å². The molecule has 0 aliphatic carbocycles. The largest absolute Gasteiger partial charge is 0.202 e. The molecule has 0 rings (SSSR count). The molecular formula is C6H12ClN. The summed E-state index contributed by atoms with van der Waals surface area (Å²) in [5.41, 5.74) is 0. The highest BCUT2D eigenvalue weighted by Gasteiger charge is 1.76. The maximum absolute atomic E-state index is 6.50. The predicted octanol–water partition coefficient (Wildman–Crippen LogP) is 2.56.